The van der Waals surface area contributed by atoms with Crippen LogP contribution in [0.2, 0.25) is 0 Å². The number of nitrogens with two attached hydrogens (primary N) is 1. The first-order valence-electron chi connectivity index (χ1n) is 8.41. The van der Waals surface area contributed by atoms with Crippen LogP contribution in [-0.2, 0) is 4.79 Å². The molecule has 0 aromatic heterocycles. The zero-order valence-corrected chi connectivity index (χ0v) is 15.0. The van der Waals surface area contributed by atoms with Crippen molar-refractivity contribution < 1.29 is 13.6 Å². The normalized spacial score (nSPS) is 19.5. The minimum Gasteiger partial charge on any atom is -0.319 e. The summed E-state index contributed by atoms with van der Waals surface area (Å²) in [7, 11) is 0. The molecule has 3 aromatic rings. The first-order chi connectivity index (χ1) is 13.1. The van der Waals surface area contributed by atoms with Crippen LogP contribution in [0.25, 0.3) is 0 Å². The molecule has 27 heavy (non-hydrogen) atoms. The highest BCUT2D eigenvalue weighted by Gasteiger charge is 2.38. The summed E-state index contributed by atoms with van der Waals surface area (Å²) in [6.45, 7) is 0. The average Bonchev–Trinajstić information content (AvgIpc) is 2.79. The van der Waals surface area contributed by atoms with Gasteiger partial charge < -0.3 is 5.73 Å². The lowest BCUT2D eigenvalue weighted by atomic mass is 10.0. The van der Waals surface area contributed by atoms with Crippen LogP contribution in [0, 0.1) is 11.6 Å². The van der Waals surface area contributed by atoms with E-state index in [0.29, 0.717) is 11.4 Å². The lowest BCUT2D eigenvalue weighted by Crippen LogP contribution is -2.43. The van der Waals surface area contributed by atoms with Crippen LogP contribution in [0.1, 0.15) is 10.8 Å². The van der Waals surface area contributed by atoms with Crippen molar-refractivity contribution in [1.29, 1.82) is 0 Å². The van der Waals surface area contributed by atoms with Gasteiger partial charge in [-0.3, -0.25) is 9.69 Å². The van der Waals surface area contributed by atoms with Crippen LogP contribution in [0.15, 0.2) is 77.7 Å². The molecule has 0 spiro atoms. The third-order valence-electron chi connectivity index (χ3n) is 4.47. The first-order valence-corrected chi connectivity index (χ1v) is 9.29. The molecule has 0 bridgehead atoms. The summed E-state index contributed by atoms with van der Waals surface area (Å²) < 4.78 is 28.2. The summed E-state index contributed by atoms with van der Waals surface area (Å²) in [5, 5.41) is -0.747. The van der Waals surface area contributed by atoms with Crippen LogP contribution in [-0.4, -0.2) is 11.9 Å². The fourth-order valence-electron chi connectivity index (χ4n) is 3.18. The molecule has 3 aromatic carbocycles. The van der Waals surface area contributed by atoms with Crippen molar-refractivity contribution in [2.24, 2.45) is 5.73 Å². The molecule has 136 valence electrons. The third-order valence-corrected chi connectivity index (χ3v) is 5.87. The summed E-state index contributed by atoms with van der Waals surface area (Å²) in [5.74, 6) is -1.51. The standard InChI is InChI=1S/C21H16F2N2OS/c22-13-10-11-16(23)15(12-13)20-19(24)21(26)25(14-6-2-1-3-7-14)17-8-4-5-9-18(17)27-20/h1-12,19-20H,24H2. The van der Waals surface area contributed by atoms with E-state index in [1.165, 1.54) is 11.8 Å². The number of fused-ring (bicyclic) bond motifs is 1. The highest BCUT2D eigenvalue weighted by Crippen LogP contribution is 2.47. The molecule has 0 fully saturated rings. The molecular formula is C21H16F2N2OS. The fraction of sp³-hybridized carbons (Fsp3) is 0.0952. The molecule has 1 amide bonds. The van der Waals surface area contributed by atoms with E-state index in [2.05, 4.69) is 0 Å². The van der Waals surface area contributed by atoms with Crippen LogP contribution in [0.3, 0.4) is 0 Å². The van der Waals surface area contributed by atoms with Crippen molar-refractivity contribution in [3.05, 3.63) is 90.0 Å². The second-order valence-corrected chi connectivity index (χ2v) is 7.39. The second-order valence-electron chi connectivity index (χ2n) is 6.21. The Labute approximate surface area is 159 Å². The van der Waals surface area contributed by atoms with Crippen molar-refractivity contribution >= 4 is 29.0 Å². The molecule has 3 nitrogen and oxygen atoms in total. The average molecular weight is 382 g/mol. The van der Waals surface area contributed by atoms with E-state index in [0.717, 1.165) is 23.1 Å². The topological polar surface area (TPSA) is 46.3 Å². The number of carbonyl (C=O) groups is 1. The van der Waals surface area contributed by atoms with Gasteiger partial charge in [-0.2, -0.15) is 0 Å². The quantitative estimate of drug-likeness (QED) is 0.692. The molecule has 6 heteroatoms. The van der Waals surface area contributed by atoms with E-state index >= 15 is 0 Å². The minimum atomic E-state index is -1.04. The van der Waals surface area contributed by atoms with Gasteiger partial charge in [-0.05, 0) is 42.5 Å². The van der Waals surface area contributed by atoms with Gasteiger partial charge in [0.25, 0.3) is 0 Å². The Bertz CT molecular complexity index is 996. The van der Waals surface area contributed by atoms with Crippen molar-refractivity contribution in [2.45, 2.75) is 16.2 Å². The number of halogens is 2. The summed E-state index contributed by atoms with van der Waals surface area (Å²) >= 11 is 1.27. The number of nitrogens with zero attached hydrogens (tertiary/aromatic N) is 1. The maximum atomic E-state index is 14.4. The molecule has 2 N–H and O–H groups in total. The summed E-state index contributed by atoms with van der Waals surface area (Å²) in [6, 6.07) is 18.7. The highest BCUT2D eigenvalue weighted by molar-refractivity contribution is 7.99. The van der Waals surface area contributed by atoms with Crippen molar-refractivity contribution in [2.75, 3.05) is 4.90 Å². The molecule has 2 unspecified atom stereocenters. The maximum Gasteiger partial charge on any atom is 0.250 e. The summed E-state index contributed by atoms with van der Waals surface area (Å²) in [4.78, 5) is 15.6. The number of thioether (sulfide) groups is 1. The summed E-state index contributed by atoms with van der Waals surface area (Å²) in [6.07, 6.45) is 0. The number of carbonyl (C=O) groups excluding carboxylic acids is 1. The zero-order chi connectivity index (χ0) is 19.0. The molecule has 0 saturated carbocycles. The number of hydrogen-bond acceptors (Lipinski definition) is 3. The Morgan fingerprint density at radius 2 is 1.63 bits per heavy atom. The Kier molecular flexibility index (Phi) is 4.68. The van der Waals surface area contributed by atoms with Gasteiger partial charge >= 0.3 is 0 Å². The maximum absolute atomic E-state index is 14.4. The number of hydrogen-bond donors (Lipinski definition) is 1. The molecule has 2 atom stereocenters. The fourth-order valence-corrected chi connectivity index (χ4v) is 4.46. The highest BCUT2D eigenvalue weighted by atomic mass is 32.2. The molecule has 1 aliphatic heterocycles. The van der Waals surface area contributed by atoms with Crippen LogP contribution < -0.4 is 10.6 Å². The van der Waals surface area contributed by atoms with E-state index < -0.39 is 22.9 Å². The van der Waals surface area contributed by atoms with E-state index in [9.17, 15) is 13.6 Å². The zero-order valence-electron chi connectivity index (χ0n) is 14.2. The van der Waals surface area contributed by atoms with Crippen LogP contribution in [0.4, 0.5) is 20.2 Å². The minimum absolute atomic E-state index is 0.0885. The molecule has 0 saturated heterocycles. The van der Waals surface area contributed by atoms with Crippen molar-refractivity contribution in [1.82, 2.24) is 0 Å². The predicted octanol–water partition coefficient (Wildman–Crippen LogP) is 4.80. The monoisotopic (exact) mass is 382 g/mol. The second kappa shape index (κ2) is 7.13. The molecule has 0 radical (unpaired) electrons. The molecule has 1 aliphatic rings. The predicted molar refractivity (Wildman–Crippen MR) is 103 cm³/mol. The number of para-hydroxylation sites is 2. The van der Waals surface area contributed by atoms with Gasteiger partial charge in [-0.25, -0.2) is 8.78 Å². The number of benzene rings is 3. The largest absolute Gasteiger partial charge is 0.319 e. The van der Waals surface area contributed by atoms with Crippen molar-refractivity contribution in [3.8, 4) is 0 Å². The molecule has 0 aliphatic carbocycles. The van der Waals surface area contributed by atoms with Crippen LogP contribution >= 0.6 is 11.8 Å². The Balaban J connectivity index is 1.87. The van der Waals surface area contributed by atoms with Gasteiger partial charge in [-0.1, -0.05) is 30.3 Å². The molecule has 1 heterocycles. The van der Waals surface area contributed by atoms with Gasteiger partial charge in [0.2, 0.25) is 5.91 Å². The van der Waals surface area contributed by atoms with E-state index in [1.807, 2.05) is 54.6 Å². The smallest absolute Gasteiger partial charge is 0.250 e. The number of rotatable bonds is 2. The van der Waals surface area contributed by atoms with Gasteiger partial charge in [0.1, 0.15) is 17.7 Å². The third kappa shape index (κ3) is 3.22. The Hall–Kier alpha value is -2.70. The van der Waals surface area contributed by atoms with Gasteiger partial charge in [0, 0.05) is 16.1 Å². The lowest BCUT2D eigenvalue weighted by Gasteiger charge is -2.26. The van der Waals surface area contributed by atoms with E-state index in [1.54, 1.807) is 4.90 Å². The van der Waals surface area contributed by atoms with Crippen molar-refractivity contribution in [3.63, 3.8) is 0 Å². The Morgan fingerprint density at radius 1 is 0.926 bits per heavy atom. The molecule has 4 rings (SSSR count). The molecular weight excluding hydrogens is 366 g/mol. The Morgan fingerprint density at radius 3 is 2.41 bits per heavy atom. The summed E-state index contributed by atoms with van der Waals surface area (Å²) in [5.41, 5.74) is 7.72. The lowest BCUT2D eigenvalue weighted by molar-refractivity contribution is -0.119. The van der Waals surface area contributed by atoms with E-state index in [-0.39, 0.29) is 11.5 Å². The number of anilines is 2. The van der Waals surface area contributed by atoms with Crippen LogP contribution in [0.5, 0.6) is 0 Å². The number of amides is 1. The SMILES string of the molecule is NC1C(=O)N(c2ccccc2)c2ccccc2SC1c1cc(F)ccc1F. The first kappa shape index (κ1) is 17.7. The van der Waals surface area contributed by atoms with Gasteiger partial charge in [0.05, 0.1) is 10.9 Å². The van der Waals surface area contributed by atoms with E-state index in [4.69, 9.17) is 5.73 Å². The van der Waals surface area contributed by atoms with Gasteiger partial charge in [-0.15, -0.1) is 11.8 Å². The van der Waals surface area contributed by atoms with Gasteiger partial charge in [0.15, 0.2) is 0 Å².